The number of hydrogen-bond donors (Lipinski definition) is 1. The van der Waals surface area contributed by atoms with Gasteiger partial charge in [-0.2, -0.15) is 0 Å². The van der Waals surface area contributed by atoms with Crippen molar-refractivity contribution in [1.29, 1.82) is 0 Å². The number of esters is 1. The van der Waals surface area contributed by atoms with Gasteiger partial charge in [-0.05, 0) is 24.3 Å². The van der Waals surface area contributed by atoms with Crippen LogP contribution < -0.4 is 0 Å². The Bertz CT molecular complexity index is 999. The maximum Gasteiger partial charge on any atom is 0.348 e. The lowest BCUT2D eigenvalue weighted by Crippen LogP contribution is -2.57. The van der Waals surface area contributed by atoms with Crippen molar-refractivity contribution in [3.8, 4) is 0 Å². The van der Waals surface area contributed by atoms with E-state index in [1.807, 2.05) is 26.2 Å². The second-order valence-electron chi connectivity index (χ2n) is 8.56. The monoisotopic (exact) mass is 436 g/mol. The van der Waals surface area contributed by atoms with Crippen molar-refractivity contribution >= 4 is 5.97 Å². The van der Waals surface area contributed by atoms with Crippen molar-refractivity contribution in [3.05, 3.63) is 82.9 Å². The molecule has 4 nitrogen and oxygen atoms in total. The van der Waals surface area contributed by atoms with Crippen LogP contribution in [-0.2, 0) is 15.1 Å². The maximum atomic E-state index is 14.6. The topological polar surface area (TPSA) is 46.5 Å². The van der Waals surface area contributed by atoms with E-state index in [4.69, 9.17) is 4.74 Å². The number of carbonyl (C=O) groups is 1. The molecule has 8 heteroatoms. The second-order valence-corrected chi connectivity index (χ2v) is 8.56. The van der Waals surface area contributed by atoms with E-state index in [0.717, 1.165) is 36.4 Å². The molecule has 0 aliphatic carbocycles. The lowest BCUT2D eigenvalue weighted by atomic mass is 9.85. The molecule has 1 N–H and O–H groups in total. The molecule has 0 spiro atoms. The summed E-state index contributed by atoms with van der Waals surface area (Å²) in [6.07, 6.45) is 4.31. The largest absolute Gasteiger partial charge is 0.459 e. The first-order valence-corrected chi connectivity index (χ1v) is 9.91. The van der Waals surface area contributed by atoms with Crippen molar-refractivity contribution in [2.75, 3.05) is 14.1 Å². The normalized spacial score (nSPS) is 24.3. The van der Waals surface area contributed by atoms with Gasteiger partial charge in [-0.15, -0.1) is 0 Å². The van der Waals surface area contributed by atoms with E-state index >= 15 is 0 Å². The molecule has 0 saturated carbocycles. The fraction of sp³-hybridized carbons (Fsp3) is 0.348. The quantitative estimate of drug-likeness (QED) is 0.345. The number of piperidine rings is 1. The van der Waals surface area contributed by atoms with Gasteiger partial charge < -0.3 is 14.3 Å². The highest BCUT2D eigenvalue weighted by atomic mass is 19.2. The Balaban J connectivity index is 1.74. The number of carbonyl (C=O) groups excluding carboxylic acids is 1. The summed E-state index contributed by atoms with van der Waals surface area (Å²) in [7, 11) is 4.10. The fourth-order valence-corrected chi connectivity index (χ4v) is 4.55. The van der Waals surface area contributed by atoms with Gasteiger partial charge in [-0.1, -0.05) is 24.3 Å². The van der Waals surface area contributed by atoms with Gasteiger partial charge in [-0.3, -0.25) is 0 Å². The van der Waals surface area contributed by atoms with Crippen molar-refractivity contribution < 1.29 is 36.7 Å². The lowest BCUT2D eigenvalue weighted by Gasteiger charge is -2.44. The van der Waals surface area contributed by atoms with Crippen molar-refractivity contribution in [1.82, 2.24) is 0 Å². The summed E-state index contributed by atoms with van der Waals surface area (Å²) < 4.78 is 63.3. The molecule has 2 aliphatic rings. The summed E-state index contributed by atoms with van der Waals surface area (Å²) in [4.78, 5) is 13.2. The molecule has 0 amide bonds. The Morgan fingerprint density at radius 1 is 0.935 bits per heavy atom. The number of benzene rings is 2. The van der Waals surface area contributed by atoms with E-state index in [-0.39, 0.29) is 12.1 Å². The molecule has 2 unspecified atom stereocenters. The van der Waals surface area contributed by atoms with Crippen LogP contribution in [0.25, 0.3) is 0 Å². The van der Waals surface area contributed by atoms with E-state index in [9.17, 15) is 27.5 Å². The van der Waals surface area contributed by atoms with Crippen molar-refractivity contribution in [3.63, 3.8) is 0 Å². The molecular formula is C23H22F4NO3+. The highest BCUT2D eigenvalue weighted by molar-refractivity contribution is 5.85. The van der Waals surface area contributed by atoms with Gasteiger partial charge in [0.15, 0.2) is 23.3 Å². The smallest absolute Gasteiger partial charge is 0.348 e. The molecule has 31 heavy (non-hydrogen) atoms. The highest BCUT2D eigenvalue weighted by Gasteiger charge is 2.51. The molecule has 3 atom stereocenters. The van der Waals surface area contributed by atoms with Crippen LogP contribution in [0.1, 0.15) is 24.0 Å². The third kappa shape index (κ3) is 3.34. The lowest BCUT2D eigenvalue weighted by molar-refractivity contribution is -0.926. The van der Waals surface area contributed by atoms with E-state index in [0.29, 0.717) is 17.3 Å². The van der Waals surface area contributed by atoms with Gasteiger partial charge in [0, 0.05) is 24.0 Å². The Labute approximate surface area is 177 Å². The van der Waals surface area contributed by atoms with Gasteiger partial charge in [0.25, 0.3) is 0 Å². The molecule has 2 heterocycles. The number of ether oxygens (including phenoxy) is 1. The first-order valence-electron chi connectivity index (χ1n) is 9.91. The van der Waals surface area contributed by atoms with Crippen LogP contribution in [0.5, 0.6) is 0 Å². The average molecular weight is 436 g/mol. The van der Waals surface area contributed by atoms with Gasteiger partial charge in [-0.25, -0.2) is 22.4 Å². The van der Waals surface area contributed by atoms with Gasteiger partial charge in [0.1, 0.15) is 18.2 Å². The molecular weight excluding hydrogens is 414 g/mol. The second kappa shape index (κ2) is 7.46. The molecule has 0 aromatic heterocycles. The molecule has 2 bridgehead atoms. The van der Waals surface area contributed by atoms with Crippen LogP contribution in [0, 0.1) is 23.3 Å². The summed E-state index contributed by atoms with van der Waals surface area (Å²) in [6, 6.07) is 5.73. The molecule has 164 valence electrons. The van der Waals surface area contributed by atoms with Crippen molar-refractivity contribution in [2.24, 2.45) is 0 Å². The Morgan fingerprint density at radius 3 is 1.84 bits per heavy atom. The van der Waals surface area contributed by atoms with Crippen LogP contribution in [0.15, 0.2) is 48.6 Å². The summed E-state index contributed by atoms with van der Waals surface area (Å²) in [5, 5.41) is 11.3. The minimum absolute atomic E-state index is 0.0708. The van der Waals surface area contributed by atoms with E-state index < -0.39 is 52.1 Å². The number of nitrogens with zero attached hydrogens (tertiary/aromatic N) is 1. The van der Waals surface area contributed by atoms with Crippen LogP contribution in [0.2, 0.25) is 0 Å². The molecule has 2 aromatic carbocycles. The third-order valence-electron chi connectivity index (χ3n) is 6.53. The van der Waals surface area contributed by atoms with E-state index in [1.54, 1.807) is 0 Å². The van der Waals surface area contributed by atoms with Crippen LogP contribution in [0.4, 0.5) is 17.6 Å². The molecule has 1 saturated heterocycles. The predicted molar refractivity (Wildman–Crippen MR) is 104 cm³/mol. The van der Waals surface area contributed by atoms with E-state index in [2.05, 4.69) is 0 Å². The number of likely N-dealkylation sites (N-methyl/N-ethyl adjacent to an activating group) is 1. The van der Waals surface area contributed by atoms with Gasteiger partial charge in [0.05, 0.1) is 14.1 Å². The van der Waals surface area contributed by atoms with Crippen LogP contribution in [-0.4, -0.2) is 47.8 Å². The first-order chi connectivity index (χ1) is 14.6. The molecule has 4 rings (SSSR count). The fourth-order valence-electron chi connectivity index (χ4n) is 4.55. The van der Waals surface area contributed by atoms with Gasteiger partial charge in [0.2, 0.25) is 5.60 Å². The number of rotatable bonds is 4. The predicted octanol–water partition coefficient (Wildman–Crippen LogP) is 3.57. The standard InChI is InChI=1S/C23H22F4NO3/c1-28(2)13-9-10-14(28)12-15(11-13)31-22(29)23(30,16-5-3-7-18(24)20(16)26)17-6-4-8-19(25)21(17)27/h3-10,13-15,30H,11-12H2,1-2H3/q+1/t13-,14?,15?/m1/s1. The number of hydrogen-bond acceptors (Lipinski definition) is 3. The summed E-state index contributed by atoms with van der Waals surface area (Å²) in [6.45, 7) is 0. The average Bonchev–Trinajstić information content (AvgIpc) is 2.88. The molecule has 1 fully saturated rings. The summed E-state index contributed by atoms with van der Waals surface area (Å²) >= 11 is 0. The minimum atomic E-state index is -3.08. The minimum Gasteiger partial charge on any atom is -0.459 e. The highest BCUT2D eigenvalue weighted by Crippen LogP contribution is 2.39. The number of aliphatic hydroxyl groups is 1. The molecule has 2 aromatic rings. The molecule has 2 aliphatic heterocycles. The zero-order chi connectivity index (χ0) is 22.6. The molecule has 0 radical (unpaired) electrons. The Kier molecular flexibility index (Phi) is 5.18. The first kappa shape index (κ1) is 21.5. The zero-order valence-electron chi connectivity index (χ0n) is 17.0. The number of halogens is 4. The van der Waals surface area contributed by atoms with Crippen molar-refractivity contribution in [2.45, 2.75) is 36.6 Å². The van der Waals surface area contributed by atoms with Crippen LogP contribution >= 0.6 is 0 Å². The maximum absolute atomic E-state index is 14.6. The number of quaternary nitrogens is 1. The number of fused-ring (bicyclic) bond motifs is 2. The summed E-state index contributed by atoms with van der Waals surface area (Å²) in [5.74, 6) is -7.18. The third-order valence-corrected chi connectivity index (χ3v) is 6.53. The zero-order valence-corrected chi connectivity index (χ0v) is 17.0. The Morgan fingerprint density at radius 2 is 1.39 bits per heavy atom. The van der Waals surface area contributed by atoms with Gasteiger partial charge >= 0.3 is 5.97 Å². The Hall–Kier alpha value is -2.71. The van der Waals surface area contributed by atoms with Crippen LogP contribution in [0.3, 0.4) is 0 Å². The van der Waals surface area contributed by atoms with E-state index in [1.165, 1.54) is 0 Å². The summed E-state index contributed by atoms with van der Waals surface area (Å²) in [5.41, 5.74) is -4.78. The SMILES string of the molecule is C[N+]1(C)C2C=C[C@@H]1CC(OC(=O)C(O)(c1cccc(F)c1F)c1cccc(F)c1F)C2.